The van der Waals surface area contributed by atoms with Crippen LogP contribution in [0.5, 0.6) is 0 Å². The molecule has 1 N–H and O–H groups in total. The monoisotopic (exact) mass is 207 g/mol. The molecule has 15 heavy (non-hydrogen) atoms. The summed E-state index contributed by atoms with van der Waals surface area (Å²) in [6.45, 7) is 1.91. The van der Waals surface area contributed by atoms with E-state index in [1.807, 2.05) is 6.92 Å². The largest absolute Gasteiger partial charge is 0.390 e. The third-order valence-corrected chi connectivity index (χ3v) is 2.89. The van der Waals surface area contributed by atoms with Crippen molar-refractivity contribution in [3.8, 4) is 0 Å². The van der Waals surface area contributed by atoms with Gasteiger partial charge in [-0.25, -0.2) is 0 Å². The van der Waals surface area contributed by atoms with E-state index in [9.17, 15) is 15.2 Å². The van der Waals surface area contributed by atoms with Crippen LogP contribution in [0.25, 0.3) is 0 Å². The summed E-state index contributed by atoms with van der Waals surface area (Å²) in [7, 11) is 0. The quantitative estimate of drug-likeness (QED) is 0.608. The third-order valence-electron chi connectivity index (χ3n) is 2.89. The molecule has 4 heteroatoms. The van der Waals surface area contributed by atoms with E-state index in [0.717, 1.165) is 24.0 Å². The molecule has 0 unspecified atom stereocenters. The molecular formula is C11H13NO3. The number of benzene rings is 1. The summed E-state index contributed by atoms with van der Waals surface area (Å²) in [5.74, 6) is 0. The zero-order chi connectivity index (χ0) is 11.1. The number of nitro groups is 1. The van der Waals surface area contributed by atoms with Gasteiger partial charge in [0.1, 0.15) is 0 Å². The SMILES string of the molecule is Cc1ccc([N+](=O)[O-])cc1CC1(O)CC1. The number of hydrogen-bond acceptors (Lipinski definition) is 3. The van der Waals surface area contributed by atoms with Gasteiger partial charge in [0.2, 0.25) is 0 Å². The lowest BCUT2D eigenvalue weighted by Gasteiger charge is -2.09. The van der Waals surface area contributed by atoms with E-state index in [2.05, 4.69) is 0 Å². The molecule has 0 radical (unpaired) electrons. The second-order valence-corrected chi connectivity index (χ2v) is 4.27. The molecule has 1 aliphatic rings. The average Bonchev–Trinajstić information content (AvgIpc) is 2.87. The zero-order valence-corrected chi connectivity index (χ0v) is 8.56. The highest BCUT2D eigenvalue weighted by Gasteiger charge is 2.40. The van der Waals surface area contributed by atoms with Crippen LogP contribution in [0.2, 0.25) is 0 Å². The van der Waals surface area contributed by atoms with E-state index in [0.29, 0.717) is 6.42 Å². The van der Waals surface area contributed by atoms with E-state index in [1.165, 1.54) is 6.07 Å². The van der Waals surface area contributed by atoms with Crippen molar-refractivity contribution in [1.29, 1.82) is 0 Å². The Morgan fingerprint density at radius 2 is 2.20 bits per heavy atom. The summed E-state index contributed by atoms with van der Waals surface area (Å²) in [4.78, 5) is 10.2. The van der Waals surface area contributed by atoms with E-state index in [1.54, 1.807) is 12.1 Å². The molecule has 2 rings (SSSR count). The first-order valence-electron chi connectivity index (χ1n) is 4.96. The van der Waals surface area contributed by atoms with Crippen molar-refractivity contribution in [3.63, 3.8) is 0 Å². The van der Waals surface area contributed by atoms with Gasteiger partial charge in [0.25, 0.3) is 5.69 Å². The number of aryl methyl sites for hydroxylation is 1. The molecule has 1 aromatic carbocycles. The minimum Gasteiger partial charge on any atom is -0.390 e. The van der Waals surface area contributed by atoms with Crippen molar-refractivity contribution >= 4 is 5.69 Å². The summed E-state index contributed by atoms with van der Waals surface area (Å²) in [5, 5.41) is 20.4. The molecule has 1 saturated carbocycles. The first-order chi connectivity index (χ1) is 7.00. The van der Waals surface area contributed by atoms with Gasteiger partial charge in [0, 0.05) is 18.6 Å². The van der Waals surface area contributed by atoms with Crippen molar-refractivity contribution in [2.75, 3.05) is 0 Å². The minimum atomic E-state index is -0.597. The molecule has 1 aromatic rings. The molecule has 0 amide bonds. The Labute approximate surface area is 87.7 Å². The zero-order valence-electron chi connectivity index (χ0n) is 8.56. The molecule has 1 fully saturated rings. The number of aliphatic hydroxyl groups is 1. The number of hydrogen-bond donors (Lipinski definition) is 1. The number of rotatable bonds is 3. The van der Waals surface area contributed by atoms with Gasteiger partial charge in [-0.2, -0.15) is 0 Å². The maximum atomic E-state index is 10.6. The highest BCUT2D eigenvalue weighted by molar-refractivity contribution is 5.40. The van der Waals surface area contributed by atoms with Gasteiger partial charge in [-0.15, -0.1) is 0 Å². The summed E-state index contributed by atoms with van der Waals surface area (Å²) in [6.07, 6.45) is 2.13. The van der Waals surface area contributed by atoms with Crippen LogP contribution in [0.15, 0.2) is 18.2 Å². The maximum Gasteiger partial charge on any atom is 0.269 e. The van der Waals surface area contributed by atoms with Gasteiger partial charge in [0.15, 0.2) is 0 Å². The standard InChI is InChI=1S/C11H13NO3/c1-8-2-3-10(12(14)15)6-9(8)7-11(13)4-5-11/h2-3,6,13H,4-5,7H2,1H3. The molecular weight excluding hydrogens is 194 g/mol. The second kappa shape index (κ2) is 3.31. The Bertz CT molecular complexity index is 410. The summed E-state index contributed by atoms with van der Waals surface area (Å²) < 4.78 is 0. The number of nitro benzene ring substituents is 1. The van der Waals surface area contributed by atoms with Crippen LogP contribution in [-0.4, -0.2) is 15.6 Å². The first kappa shape index (κ1) is 10.1. The van der Waals surface area contributed by atoms with Crippen molar-refractivity contribution in [1.82, 2.24) is 0 Å². The Hall–Kier alpha value is -1.42. The number of nitrogens with zero attached hydrogens (tertiary/aromatic N) is 1. The summed E-state index contributed by atoms with van der Waals surface area (Å²) >= 11 is 0. The Morgan fingerprint density at radius 3 is 2.73 bits per heavy atom. The molecule has 0 spiro atoms. The topological polar surface area (TPSA) is 63.4 Å². The van der Waals surface area contributed by atoms with Gasteiger partial charge in [-0.1, -0.05) is 6.07 Å². The highest BCUT2D eigenvalue weighted by Crippen LogP contribution is 2.39. The van der Waals surface area contributed by atoms with Crippen molar-refractivity contribution in [3.05, 3.63) is 39.4 Å². The van der Waals surface area contributed by atoms with Gasteiger partial charge < -0.3 is 5.11 Å². The van der Waals surface area contributed by atoms with Gasteiger partial charge in [-0.05, 0) is 30.9 Å². The van der Waals surface area contributed by atoms with Crippen LogP contribution in [0, 0.1) is 17.0 Å². The van der Waals surface area contributed by atoms with Crippen LogP contribution < -0.4 is 0 Å². The Morgan fingerprint density at radius 1 is 1.53 bits per heavy atom. The smallest absolute Gasteiger partial charge is 0.269 e. The molecule has 1 aliphatic carbocycles. The van der Waals surface area contributed by atoms with E-state index < -0.39 is 10.5 Å². The lowest BCUT2D eigenvalue weighted by Crippen LogP contribution is -2.11. The fraction of sp³-hybridized carbons (Fsp3) is 0.455. The van der Waals surface area contributed by atoms with Crippen LogP contribution in [-0.2, 0) is 6.42 Å². The molecule has 0 saturated heterocycles. The minimum absolute atomic E-state index is 0.0971. The molecule has 0 bridgehead atoms. The maximum absolute atomic E-state index is 10.6. The molecule has 0 aromatic heterocycles. The predicted octanol–water partition coefficient (Wildman–Crippen LogP) is 1.97. The van der Waals surface area contributed by atoms with Crippen LogP contribution in [0.4, 0.5) is 5.69 Å². The average molecular weight is 207 g/mol. The highest BCUT2D eigenvalue weighted by atomic mass is 16.6. The molecule has 4 nitrogen and oxygen atoms in total. The van der Waals surface area contributed by atoms with Crippen LogP contribution >= 0.6 is 0 Å². The number of non-ortho nitro benzene ring substituents is 1. The fourth-order valence-corrected chi connectivity index (χ4v) is 1.64. The van der Waals surface area contributed by atoms with Crippen molar-refractivity contribution in [2.24, 2.45) is 0 Å². The van der Waals surface area contributed by atoms with Crippen LogP contribution in [0.3, 0.4) is 0 Å². The Balaban J connectivity index is 2.28. The predicted molar refractivity (Wildman–Crippen MR) is 55.7 cm³/mol. The molecule has 0 aliphatic heterocycles. The summed E-state index contributed by atoms with van der Waals surface area (Å²) in [5.41, 5.74) is 1.38. The van der Waals surface area contributed by atoms with E-state index in [4.69, 9.17) is 0 Å². The molecule has 0 heterocycles. The van der Waals surface area contributed by atoms with Crippen molar-refractivity contribution < 1.29 is 10.0 Å². The van der Waals surface area contributed by atoms with Crippen molar-refractivity contribution in [2.45, 2.75) is 31.8 Å². The van der Waals surface area contributed by atoms with E-state index >= 15 is 0 Å². The lowest BCUT2D eigenvalue weighted by molar-refractivity contribution is -0.384. The molecule has 0 atom stereocenters. The normalized spacial score (nSPS) is 17.5. The third kappa shape index (κ3) is 2.15. The van der Waals surface area contributed by atoms with Gasteiger partial charge in [-0.3, -0.25) is 10.1 Å². The Kier molecular flexibility index (Phi) is 2.23. The van der Waals surface area contributed by atoms with Gasteiger partial charge >= 0.3 is 0 Å². The van der Waals surface area contributed by atoms with Crippen LogP contribution in [0.1, 0.15) is 24.0 Å². The van der Waals surface area contributed by atoms with E-state index in [-0.39, 0.29) is 5.69 Å². The first-order valence-corrected chi connectivity index (χ1v) is 4.96. The fourth-order valence-electron chi connectivity index (χ4n) is 1.64. The lowest BCUT2D eigenvalue weighted by atomic mass is 10.0. The summed E-state index contributed by atoms with van der Waals surface area (Å²) in [6, 6.07) is 4.79. The van der Waals surface area contributed by atoms with Gasteiger partial charge in [0.05, 0.1) is 10.5 Å². The second-order valence-electron chi connectivity index (χ2n) is 4.27. The molecule has 80 valence electrons.